The van der Waals surface area contributed by atoms with E-state index in [4.69, 9.17) is 4.84 Å². The molecule has 2 aromatic carbocycles. The summed E-state index contributed by atoms with van der Waals surface area (Å²) in [5.41, 5.74) is 0.463. The van der Waals surface area contributed by atoms with Crippen LogP contribution in [0.15, 0.2) is 64.8 Å². The second kappa shape index (κ2) is 14.3. The standard InChI is InChI=1S/C27H31F3N6O8S/c1-6-42-26(38)43-19(5)44-33-36(39)34(17(2)3)16-25(37)32-45(40,41)22-13-11-21(12-14-22)35-23(15-24(31-35)27(28,29)30)20-9-7-18(4)8-10-20/h7-15,17,19H,6,16H2,1-5H3,(H,32,37)/b36-33-. The molecule has 0 saturated carbocycles. The summed E-state index contributed by atoms with van der Waals surface area (Å²) in [5.74, 6) is -1.11. The lowest BCUT2D eigenvalue weighted by atomic mass is 10.1. The second-order valence-electron chi connectivity index (χ2n) is 9.71. The van der Waals surface area contributed by atoms with Crippen molar-refractivity contribution >= 4 is 22.1 Å². The molecule has 1 amide bonds. The van der Waals surface area contributed by atoms with Gasteiger partial charge in [-0.15, -0.1) is 5.01 Å². The number of sulfonamides is 1. The van der Waals surface area contributed by atoms with Crippen LogP contribution in [-0.4, -0.2) is 65.7 Å². The maximum atomic E-state index is 13.5. The average Bonchev–Trinajstić information content (AvgIpc) is 3.41. The molecule has 0 saturated heterocycles. The van der Waals surface area contributed by atoms with Crippen molar-refractivity contribution < 1.29 is 50.5 Å². The highest BCUT2D eigenvalue weighted by molar-refractivity contribution is 7.90. The molecule has 0 bridgehead atoms. The molecule has 0 aliphatic carbocycles. The zero-order chi connectivity index (χ0) is 33.5. The Hall–Kier alpha value is -4.87. The van der Waals surface area contributed by atoms with Crippen LogP contribution in [0.3, 0.4) is 0 Å². The van der Waals surface area contributed by atoms with Gasteiger partial charge in [-0.3, -0.25) is 9.63 Å². The number of aromatic nitrogens is 2. The summed E-state index contributed by atoms with van der Waals surface area (Å²) in [6.07, 6.45) is -7.10. The van der Waals surface area contributed by atoms with E-state index in [1.165, 1.54) is 32.9 Å². The lowest BCUT2D eigenvalue weighted by Crippen LogP contribution is -2.45. The van der Waals surface area contributed by atoms with E-state index >= 15 is 0 Å². The molecule has 0 radical (unpaired) electrons. The van der Waals surface area contributed by atoms with Gasteiger partial charge >= 0.3 is 12.3 Å². The number of carbonyl (C=O) groups excluding carboxylic acids is 2. The predicted octanol–water partition coefficient (Wildman–Crippen LogP) is 4.71. The van der Waals surface area contributed by atoms with Crippen LogP contribution in [0, 0.1) is 12.1 Å². The summed E-state index contributed by atoms with van der Waals surface area (Å²) in [5, 5.41) is 20.1. The number of halogens is 3. The zero-order valence-electron chi connectivity index (χ0n) is 24.8. The molecule has 1 heterocycles. The molecule has 1 unspecified atom stereocenters. The Morgan fingerprint density at radius 1 is 1.11 bits per heavy atom. The maximum absolute atomic E-state index is 13.5. The van der Waals surface area contributed by atoms with Crippen LogP contribution in [0.4, 0.5) is 18.0 Å². The first kappa shape index (κ1) is 34.6. The number of aryl methyl sites for hydroxylation is 1. The molecule has 3 rings (SSSR count). The molecule has 0 spiro atoms. The van der Waals surface area contributed by atoms with Crippen molar-refractivity contribution in [3.63, 3.8) is 0 Å². The van der Waals surface area contributed by atoms with Crippen LogP contribution in [-0.2, 0) is 35.3 Å². The molecule has 14 nitrogen and oxygen atoms in total. The van der Waals surface area contributed by atoms with Crippen molar-refractivity contribution in [2.45, 2.75) is 58.0 Å². The number of hydrazine groups is 1. The van der Waals surface area contributed by atoms with E-state index in [2.05, 4.69) is 19.8 Å². The van der Waals surface area contributed by atoms with Gasteiger partial charge < -0.3 is 14.7 Å². The summed E-state index contributed by atoms with van der Waals surface area (Å²) < 4.78 is 78.5. The lowest BCUT2D eigenvalue weighted by Gasteiger charge is -2.21. The minimum absolute atomic E-state index is 0.0434. The van der Waals surface area contributed by atoms with Gasteiger partial charge in [-0.2, -0.15) is 18.3 Å². The van der Waals surface area contributed by atoms with Gasteiger partial charge in [0.05, 0.1) is 33.9 Å². The highest BCUT2D eigenvalue weighted by Crippen LogP contribution is 2.33. The molecule has 45 heavy (non-hydrogen) atoms. The third-order valence-electron chi connectivity index (χ3n) is 5.90. The smallest absolute Gasteiger partial charge is 0.511 e. The third-order valence-corrected chi connectivity index (χ3v) is 7.29. The minimum Gasteiger partial charge on any atom is -0.569 e. The number of ether oxygens (including phenoxy) is 2. The molecule has 1 aromatic heterocycles. The molecular weight excluding hydrogens is 625 g/mol. The van der Waals surface area contributed by atoms with Gasteiger partial charge in [-0.05, 0) is 58.0 Å². The fourth-order valence-corrected chi connectivity index (χ4v) is 4.68. The van der Waals surface area contributed by atoms with Crippen LogP contribution in [0.5, 0.6) is 0 Å². The van der Waals surface area contributed by atoms with E-state index < -0.39 is 52.8 Å². The van der Waals surface area contributed by atoms with Crippen LogP contribution in [0.1, 0.15) is 39.0 Å². The van der Waals surface area contributed by atoms with E-state index in [-0.39, 0.29) is 27.9 Å². The van der Waals surface area contributed by atoms with E-state index in [1.807, 2.05) is 11.6 Å². The quantitative estimate of drug-likeness (QED) is 0.0948. The van der Waals surface area contributed by atoms with Gasteiger partial charge in [0.2, 0.25) is 5.28 Å². The highest BCUT2D eigenvalue weighted by atomic mass is 32.2. The Balaban J connectivity index is 1.76. The molecule has 244 valence electrons. The van der Waals surface area contributed by atoms with Gasteiger partial charge in [0.25, 0.3) is 22.2 Å². The normalized spacial score (nSPS) is 12.9. The van der Waals surface area contributed by atoms with Crippen molar-refractivity contribution in [3.05, 3.63) is 71.1 Å². The molecule has 0 fully saturated rings. The van der Waals surface area contributed by atoms with Crippen molar-refractivity contribution in [3.8, 4) is 16.9 Å². The van der Waals surface area contributed by atoms with Gasteiger partial charge in [-0.1, -0.05) is 29.8 Å². The second-order valence-corrected chi connectivity index (χ2v) is 11.4. The van der Waals surface area contributed by atoms with Crippen molar-refractivity contribution in [1.29, 1.82) is 0 Å². The Bertz CT molecular complexity index is 1630. The summed E-state index contributed by atoms with van der Waals surface area (Å²) in [7, 11) is -4.47. The van der Waals surface area contributed by atoms with E-state index in [1.54, 1.807) is 31.2 Å². The highest BCUT2D eigenvalue weighted by Gasteiger charge is 2.35. The zero-order valence-corrected chi connectivity index (χ0v) is 25.6. The maximum Gasteiger partial charge on any atom is 0.511 e. The van der Waals surface area contributed by atoms with E-state index in [0.717, 1.165) is 33.5 Å². The largest absolute Gasteiger partial charge is 0.569 e. The molecule has 0 aliphatic rings. The summed E-state index contributed by atoms with van der Waals surface area (Å²) >= 11 is 0. The number of hydrogen-bond donors (Lipinski definition) is 1. The van der Waals surface area contributed by atoms with Crippen molar-refractivity contribution in [1.82, 2.24) is 19.5 Å². The molecule has 1 atom stereocenters. The number of hydrogen-bond acceptors (Lipinski definition) is 10. The van der Waals surface area contributed by atoms with Gasteiger partial charge in [0.15, 0.2) is 12.2 Å². The van der Waals surface area contributed by atoms with Crippen LogP contribution in [0.25, 0.3) is 16.9 Å². The van der Waals surface area contributed by atoms with Gasteiger partial charge in [0.1, 0.15) is 0 Å². The van der Waals surface area contributed by atoms with Crippen LogP contribution in [0.2, 0.25) is 0 Å². The first-order chi connectivity index (χ1) is 21.0. The molecule has 0 aliphatic heterocycles. The van der Waals surface area contributed by atoms with E-state index in [9.17, 15) is 36.4 Å². The third kappa shape index (κ3) is 9.31. The van der Waals surface area contributed by atoms with Crippen molar-refractivity contribution in [2.24, 2.45) is 5.28 Å². The Labute approximate surface area is 256 Å². The summed E-state index contributed by atoms with van der Waals surface area (Å²) in [6, 6.07) is 11.6. The Kier molecular flexibility index (Phi) is 11.0. The predicted molar refractivity (Wildman–Crippen MR) is 151 cm³/mol. The van der Waals surface area contributed by atoms with E-state index in [0.29, 0.717) is 5.56 Å². The number of alkyl halides is 3. The fourth-order valence-electron chi connectivity index (χ4n) is 3.70. The summed E-state index contributed by atoms with van der Waals surface area (Å²) in [6.45, 7) is 6.94. The Morgan fingerprint density at radius 2 is 1.73 bits per heavy atom. The number of nitrogens with one attached hydrogen (secondary N) is 1. The van der Waals surface area contributed by atoms with Gasteiger partial charge in [-0.25, -0.2) is 22.6 Å². The number of amides is 1. The summed E-state index contributed by atoms with van der Waals surface area (Å²) in [4.78, 5) is 28.2. The molecular formula is C27H31F3N6O8S. The number of rotatable bonds is 12. The first-order valence-corrected chi connectivity index (χ1v) is 14.8. The van der Waals surface area contributed by atoms with Crippen molar-refractivity contribution in [2.75, 3.05) is 13.2 Å². The first-order valence-electron chi connectivity index (χ1n) is 13.4. The fraction of sp³-hybridized carbons (Fsp3) is 0.370. The van der Waals surface area contributed by atoms with Crippen LogP contribution >= 0.6 is 0 Å². The number of benzene rings is 2. The topological polar surface area (TPSA) is 167 Å². The SMILES string of the molecule is CCOC(=O)OC(C)O/N=[N+](\[O-])N(CC(=O)NS(=O)(=O)c1ccc(-n2nc(C(F)(F)F)cc2-c2ccc(C)cc2)cc1)C(C)C. The monoisotopic (exact) mass is 656 g/mol. The molecule has 3 aromatic rings. The number of nitrogens with zero attached hydrogens (tertiary/aromatic N) is 5. The lowest BCUT2D eigenvalue weighted by molar-refractivity contribution is -0.717. The molecule has 18 heteroatoms. The van der Waals surface area contributed by atoms with Gasteiger partial charge in [0, 0.05) is 12.5 Å². The molecule has 1 N–H and O–H groups in total. The minimum atomic E-state index is -4.73. The average molecular weight is 657 g/mol. The Morgan fingerprint density at radius 3 is 2.29 bits per heavy atom. The van der Waals surface area contributed by atoms with Crippen LogP contribution < -0.4 is 4.72 Å². The number of carbonyl (C=O) groups is 2.